The molecule has 2 aromatic heterocycles. The van der Waals surface area contributed by atoms with E-state index < -0.39 is 12.0 Å². The molecule has 0 aliphatic carbocycles. The van der Waals surface area contributed by atoms with E-state index in [0.717, 1.165) is 18.1 Å². The summed E-state index contributed by atoms with van der Waals surface area (Å²) in [4.78, 5) is 27.6. The van der Waals surface area contributed by atoms with Gasteiger partial charge in [-0.3, -0.25) is 9.59 Å². The zero-order valence-corrected chi connectivity index (χ0v) is 21.0. The molecular weight excluding hydrogens is 486 g/mol. The number of fused-ring (bicyclic) bond motifs is 1. The molecule has 1 aliphatic rings. The number of nitrogens with zero attached hydrogens (tertiary/aromatic N) is 1. The number of aromatic nitrogens is 1. The molecular formula is C26H30F2N4O5. The van der Waals surface area contributed by atoms with Crippen molar-refractivity contribution in [3.05, 3.63) is 58.6 Å². The van der Waals surface area contributed by atoms with Gasteiger partial charge in [0.15, 0.2) is 12.0 Å². The lowest BCUT2D eigenvalue weighted by Gasteiger charge is -2.33. The number of aldehydes is 1. The van der Waals surface area contributed by atoms with Crippen LogP contribution in [0.3, 0.4) is 0 Å². The Hall–Kier alpha value is -3.83. The number of hydrogen-bond acceptors (Lipinski definition) is 7. The summed E-state index contributed by atoms with van der Waals surface area (Å²) in [7, 11) is 3.19. The number of carbonyl (C=O) groups excluding carboxylic acids is 2. The lowest BCUT2D eigenvalue weighted by molar-refractivity contribution is -0.145. The molecule has 0 saturated carbocycles. The van der Waals surface area contributed by atoms with Crippen molar-refractivity contribution in [2.75, 3.05) is 27.2 Å². The normalized spacial score (nSPS) is 17.6. The molecule has 0 radical (unpaired) electrons. The van der Waals surface area contributed by atoms with Crippen molar-refractivity contribution in [2.45, 2.75) is 32.3 Å². The minimum atomic E-state index is -2.91. The summed E-state index contributed by atoms with van der Waals surface area (Å²) in [5, 5.41) is 19.4. The van der Waals surface area contributed by atoms with Crippen LogP contribution in [0.15, 0.2) is 34.9 Å². The monoisotopic (exact) mass is 516 g/mol. The molecule has 4 rings (SSSR count). The molecule has 198 valence electrons. The molecule has 1 aliphatic heterocycles. The van der Waals surface area contributed by atoms with Gasteiger partial charge in [0.2, 0.25) is 0 Å². The summed E-state index contributed by atoms with van der Waals surface area (Å²) in [6, 6.07) is 5.16. The van der Waals surface area contributed by atoms with Gasteiger partial charge >= 0.3 is 0 Å². The Morgan fingerprint density at radius 3 is 2.68 bits per heavy atom. The topological polar surface area (TPSA) is 132 Å². The van der Waals surface area contributed by atoms with E-state index in [1.165, 1.54) is 11.0 Å². The summed E-state index contributed by atoms with van der Waals surface area (Å²) in [6.07, 6.45) is 3.67. The Balaban J connectivity index is 0.000000319. The number of alkyl halides is 2. The second-order valence-corrected chi connectivity index (χ2v) is 8.74. The maximum Gasteiger partial charge on any atom is 0.285 e. The first-order chi connectivity index (χ1) is 17.5. The summed E-state index contributed by atoms with van der Waals surface area (Å²) in [5.74, 6) is -1.73. The van der Waals surface area contributed by atoms with Crippen molar-refractivity contribution >= 4 is 35.1 Å². The van der Waals surface area contributed by atoms with E-state index in [1.807, 2.05) is 0 Å². The number of H-pyrrole nitrogens is 1. The van der Waals surface area contributed by atoms with Gasteiger partial charge in [0.05, 0.1) is 17.8 Å². The number of nitrogens with one attached hydrogen (secondary N) is 3. The maximum absolute atomic E-state index is 12.6. The highest BCUT2D eigenvalue weighted by Crippen LogP contribution is 2.31. The standard InChI is InChI=1S/C20H19N3O4.C6H11F2NO/c1-11-13(10-24)9-23-19(11)16(6-7-21)27-14-4-5-15-17(8-14)26-12(2)18(15)20(25)22-3;1-9-3-2-5(10)6(7,8)4-9/h4-10,21,23H,1-3H3,(H,22,25);5,10H,2-4H2,1H3/b16-6+,21-7?;. The predicted molar refractivity (Wildman–Crippen MR) is 136 cm³/mol. The van der Waals surface area contributed by atoms with Gasteiger partial charge in [0.25, 0.3) is 11.8 Å². The fourth-order valence-electron chi connectivity index (χ4n) is 4.03. The van der Waals surface area contributed by atoms with E-state index >= 15 is 0 Å². The van der Waals surface area contributed by atoms with Crippen LogP contribution in [0.1, 0.15) is 44.2 Å². The second-order valence-electron chi connectivity index (χ2n) is 8.74. The number of aliphatic hydroxyl groups is 1. The van der Waals surface area contributed by atoms with E-state index in [2.05, 4.69) is 10.3 Å². The average Bonchev–Trinajstić information content (AvgIpc) is 3.39. The number of ether oxygens (including phenoxy) is 1. The van der Waals surface area contributed by atoms with Gasteiger partial charge < -0.3 is 34.9 Å². The molecule has 0 bridgehead atoms. The van der Waals surface area contributed by atoms with Crippen LogP contribution in [-0.2, 0) is 0 Å². The number of carbonyl (C=O) groups is 2. The molecule has 4 N–H and O–H groups in total. The van der Waals surface area contributed by atoms with Crippen LogP contribution >= 0.6 is 0 Å². The number of amides is 1. The van der Waals surface area contributed by atoms with Gasteiger partial charge in [-0.2, -0.15) is 0 Å². The number of likely N-dealkylation sites (tertiary alicyclic amines) is 1. The SMILES string of the molecule is CN1CCC(O)C(F)(F)C1.CNC(=O)c1c(C)oc2cc(O/C(=C/C=N)c3[nH]cc(C=O)c3C)ccc12. The minimum Gasteiger partial charge on any atom is -0.460 e. The first kappa shape index (κ1) is 27.8. The summed E-state index contributed by atoms with van der Waals surface area (Å²) >= 11 is 0. The van der Waals surface area contributed by atoms with E-state index in [1.54, 1.807) is 52.3 Å². The highest BCUT2D eigenvalue weighted by Gasteiger charge is 2.42. The molecule has 9 nitrogen and oxygen atoms in total. The molecule has 3 aromatic rings. The van der Waals surface area contributed by atoms with Crippen molar-refractivity contribution in [1.29, 1.82) is 5.41 Å². The van der Waals surface area contributed by atoms with E-state index in [-0.39, 0.29) is 18.9 Å². The predicted octanol–water partition coefficient (Wildman–Crippen LogP) is 3.94. The fourth-order valence-corrected chi connectivity index (χ4v) is 4.03. The van der Waals surface area contributed by atoms with E-state index in [0.29, 0.717) is 51.6 Å². The maximum atomic E-state index is 12.6. The molecule has 11 heteroatoms. The van der Waals surface area contributed by atoms with Crippen LogP contribution in [-0.4, -0.2) is 72.6 Å². The zero-order valence-electron chi connectivity index (χ0n) is 21.0. The summed E-state index contributed by atoms with van der Waals surface area (Å²) in [5.41, 5.74) is 2.88. The molecule has 37 heavy (non-hydrogen) atoms. The Morgan fingerprint density at radius 2 is 2.11 bits per heavy atom. The number of furan rings is 1. The highest BCUT2D eigenvalue weighted by atomic mass is 19.3. The van der Waals surface area contributed by atoms with Crippen molar-refractivity contribution in [2.24, 2.45) is 0 Å². The number of hydrogen-bond donors (Lipinski definition) is 4. The summed E-state index contributed by atoms with van der Waals surface area (Å²) < 4.78 is 36.7. The van der Waals surface area contributed by atoms with Gasteiger partial charge in [0.1, 0.15) is 23.2 Å². The van der Waals surface area contributed by atoms with Gasteiger partial charge in [-0.15, -0.1) is 0 Å². The van der Waals surface area contributed by atoms with Gasteiger partial charge in [-0.25, -0.2) is 8.78 Å². The lowest BCUT2D eigenvalue weighted by Crippen LogP contribution is -2.49. The number of allylic oxidation sites excluding steroid dienone is 1. The number of benzene rings is 1. The van der Waals surface area contributed by atoms with Crippen molar-refractivity contribution in [1.82, 2.24) is 15.2 Å². The Morgan fingerprint density at radius 1 is 1.38 bits per heavy atom. The van der Waals surface area contributed by atoms with Crippen molar-refractivity contribution in [3.63, 3.8) is 0 Å². The number of aliphatic hydroxyl groups excluding tert-OH is 1. The Kier molecular flexibility index (Phi) is 8.61. The molecule has 1 aromatic carbocycles. The number of aryl methyl sites for hydroxylation is 1. The lowest BCUT2D eigenvalue weighted by atomic mass is 10.1. The fraction of sp³-hybridized carbons (Fsp3) is 0.346. The third kappa shape index (κ3) is 6.12. The molecule has 3 heterocycles. The summed E-state index contributed by atoms with van der Waals surface area (Å²) in [6.45, 7) is 3.76. The van der Waals surface area contributed by atoms with Crippen LogP contribution in [0.2, 0.25) is 0 Å². The Labute approximate surface area is 212 Å². The number of piperidine rings is 1. The van der Waals surface area contributed by atoms with Gasteiger partial charge in [0, 0.05) is 49.1 Å². The zero-order chi connectivity index (χ0) is 27.3. The number of aromatic amines is 1. The molecule has 0 spiro atoms. The second kappa shape index (κ2) is 11.5. The van der Waals surface area contributed by atoms with Gasteiger partial charge in [-0.05, 0) is 45.0 Å². The largest absolute Gasteiger partial charge is 0.460 e. The molecule has 1 atom stereocenters. The van der Waals surface area contributed by atoms with Gasteiger partial charge in [-0.1, -0.05) is 0 Å². The highest BCUT2D eigenvalue weighted by molar-refractivity contribution is 6.07. The van der Waals surface area contributed by atoms with Crippen molar-refractivity contribution < 1.29 is 32.6 Å². The first-order valence-corrected chi connectivity index (χ1v) is 11.5. The third-order valence-corrected chi connectivity index (χ3v) is 6.06. The molecule has 1 saturated heterocycles. The minimum absolute atomic E-state index is 0.170. The van der Waals surface area contributed by atoms with Crippen molar-refractivity contribution in [3.8, 4) is 5.75 Å². The molecule has 1 fully saturated rings. The van der Waals surface area contributed by atoms with E-state index in [4.69, 9.17) is 19.7 Å². The number of halogens is 2. The van der Waals surface area contributed by atoms with Crippen LogP contribution in [0.5, 0.6) is 5.75 Å². The molecule has 1 amide bonds. The average molecular weight is 517 g/mol. The van der Waals surface area contributed by atoms with Crippen LogP contribution < -0.4 is 10.1 Å². The van der Waals surface area contributed by atoms with Crippen LogP contribution in [0.4, 0.5) is 8.78 Å². The van der Waals surface area contributed by atoms with Crippen LogP contribution in [0.25, 0.3) is 16.7 Å². The Bertz CT molecular complexity index is 1330. The molecule has 1 unspecified atom stereocenters. The number of rotatable bonds is 6. The third-order valence-electron chi connectivity index (χ3n) is 6.06. The van der Waals surface area contributed by atoms with E-state index in [9.17, 15) is 18.4 Å². The quantitative estimate of drug-likeness (QED) is 0.223. The smallest absolute Gasteiger partial charge is 0.285 e. The van der Waals surface area contributed by atoms with Crippen LogP contribution in [0, 0.1) is 19.3 Å². The first-order valence-electron chi connectivity index (χ1n) is 11.5.